The Morgan fingerprint density at radius 1 is 1.05 bits per heavy atom. The first kappa shape index (κ1) is 11.3. The second-order valence-corrected chi connectivity index (χ2v) is 4.11. The number of fused-ring (bicyclic) bond motifs is 1. The van der Waals surface area contributed by atoms with Crippen molar-refractivity contribution in [3.05, 3.63) is 60.8 Å². The molecule has 3 rings (SSSR count). The highest BCUT2D eigenvalue weighted by molar-refractivity contribution is 5.90. The third-order valence-corrected chi connectivity index (χ3v) is 2.75. The molecule has 2 aromatic carbocycles. The van der Waals surface area contributed by atoms with Crippen molar-refractivity contribution < 1.29 is 9.53 Å². The van der Waals surface area contributed by atoms with Gasteiger partial charge in [0.15, 0.2) is 0 Å². The van der Waals surface area contributed by atoms with Crippen molar-refractivity contribution >= 4 is 22.7 Å². The van der Waals surface area contributed by atoms with Gasteiger partial charge in [0.05, 0.1) is 0 Å². The first-order valence-corrected chi connectivity index (χ1v) is 5.92. The van der Waals surface area contributed by atoms with Gasteiger partial charge in [-0.15, -0.1) is 0 Å². The molecule has 4 nitrogen and oxygen atoms in total. The van der Waals surface area contributed by atoms with Crippen molar-refractivity contribution in [2.45, 2.75) is 0 Å². The third-order valence-electron chi connectivity index (χ3n) is 2.75. The molecule has 0 saturated carbocycles. The van der Waals surface area contributed by atoms with Crippen LogP contribution in [0.4, 0.5) is 10.5 Å². The molecule has 0 bridgehead atoms. The lowest BCUT2D eigenvalue weighted by molar-refractivity contribution is 0.215. The van der Waals surface area contributed by atoms with E-state index in [1.54, 1.807) is 12.1 Å². The van der Waals surface area contributed by atoms with Gasteiger partial charge in [0, 0.05) is 22.8 Å². The summed E-state index contributed by atoms with van der Waals surface area (Å²) in [7, 11) is 0. The number of nitrogens with one attached hydrogen (secondary N) is 2. The minimum Gasteiger partial charge on any atom is -0.410 e. The average Bonchev–Trinajstić information content (AvgIpc) is 2.87. The lowest BCUT2D eigenvalue weighted by atomic mass is 10.2. The van der Waals surface area contributed by atoms with Gasteiger partial charge in [-0.05, 0) is 36.4 Å². The van der Waals surface area contributed by atoms with Gasteiger partial charge in [-0.25, -0.2) is 4.79 Å². The van der Waals surface area contributed by atoms with E-state index >= 15 is 0 Å². The smallest absolute Gasteiger partial charge is 0.410 e. The van der Waals surface area contributed by atoms with E-state index in [2.05, 4.69) is 10.3 Å². The highest BCUT2D eigenvalue weighted by Gasteiger charge is 2.05. The number of ether oxygens (including phenoxy) is 1. The maximum atomic E-state index is 11.7. The fourth-order valence-electron chi connectivity index (χ4n) is 1.87. The van der Waals surface area contributed by atoms with Crippen LogP contribution in [0.25, 0.3) is 10.9 Å². The van der Waals surface area contributed by atoms with Crippen LogP contribution in [-0.2, 0) is 0 Å². The molecule has 0 saturated heterocycles. The predicted octanol–water partition coefficient (Wildman–Crippen LogP) is 3.78. The number of hydrogen-bond donors (Lipinski definition) is 2. The maximum Gasteiger partial charge on any atom is 0.417 e. The Morgan fingerprint density at radius 3 is 2.74 bits per heavy atom. The van der Waals surface area contributed by atoms with Gasteiger partial charge in [-0.3, -0.25) is 5.32 Å². The Morgan fingerprint density at radius 2 is 1.89 bits per heavy atom. The molecule has 0 aliphatic rings. The fraction of sp³-hybridized carbons (Fsp3) is 0. The number of benzene rings is 2. The summed E-state index contributed by atoms with van der Waals surface area (Å²) in [6.07, 6.45) is 1.36. The summed E-state index contributed by atoms with van der Waals surface area (Å²) in [5.41, 5.74) is 1.73. The average molecular weight is 252 g/mol. The van der Waals surface area contributed by atoms with Crippen molar-refractivity contribution in [3.8, 4) is 5.75 Å². The molecule has 4 heteroatoms. The number of anilines is 1. The van der Waals surface area contributed by atoms with Crippen LogP contribution in [0.15, 0.2) is 60.8 Å². The number of aromatic nitrogens is 1. The number of aromatic amines is 1. The van der Waals surface area contributed by atoms with Crippen LogP contribution in [0.3, 0.4) is 0 Å². The zero-order valence-electron chi connectivity index (χ0n) is 10.1. The molecule has 1 aromatic heterocycles. The predicted molar refractivity (Wildman–Crippen MR) is 74.4 cm³/mol. The van der Waals surface area contributed by atoms with Crippen molar-refractivity contribution in [2.24, 2.45) is 0 Å². The molecule has 0 atom stereocenters. The van der Waals surface area contributed by atoms with Crippen molar-refractivity contribution in [1.29, 1.82) is 0 Å². The van der Waals surface area contributed by atoms with E-state index in [-0.39, 0.29) is 0 Å². The molecular formula is C15H12N2O2. The lowest BCUT2D eigenvalue weighted by Gasteiger charge is -2.06. The Labute approximate surface area is 110 Å². The van der Waals surface area contributed by atoms with E-state index in [9.17, 15) is 4.79 Å². The first-order valence-electron chi connectivity index (χ1n) is 5.92. The van der Waals surface area contributed by atoms with E-state index in [0.717, 1.165) is 10.9 Å². The van der Waals surface area contributed by atoms with Gasteiger partial charge < -0.3 is 9.72 Å². The van der Waals surface area contributed by atoms with E-state index in [0.29, 0.717) is 11.4 Å². The fourth-order valence-corrected chi connectivity index (χ4v) is 1.87. The number of rotatable bonds is 2. The molecule has 0 aliphatic heterocycles. The molecule has 1 amide bonds. The van der Waals surface area contributed by atoms with E-state index in [4.69, 9.17) is 4.74 Å². The van der Waals surface area contributed by atoms with E-state index in [1.807, 2.05) is 48.7 Å². The zero-order chi connectivity index (χ0) is 13.1. The number of hydrogen-bond acceptors (Lipinski definition) is 2. The third kappa shape index (κ3) is 2.57. The molecule has 0 aliphatic carbocycles. The lowest BCUT2D eigenvalue weighted by Crippen LogP contribution is -2.16. The van der Waals surface area contributed by atoms with Gasteiger partial charge in [-0.2, -0.15) is 0 Å². The number of para-hydroxylation sites is 1. The molecule has 0 fully saturated rings. The van der Waals surface area contributed by atoms with Gasteiger partial charge in [0.1, 0.15) is 5.75 Å². The monoisotopic (exact) mass is 252 g/mol. The normalized spacial score (nSPS) is 10.3. The molecule has 0 spiro atoms. The zero-order valence-corrected chi connectivity index (χ0v) is 10.1. The molecule has 0 unspecified atom stereocenters. The Hall–Kier alpha value is -2.75. The van der Waals surface area contributed by atoms with Crippen molar-refractivity contribution in [3.63, 3.8) is 0 Å². The summed E-state index contributed by atoms with van der Waals surface area (Å²) in [4.78, 5) is 14.8. The second-order valence-electron chi connectivity index (χ2n) is 4.11. The Bertz CT molecular complexity index is 704. The Kier molecular flexibility index (Phi) is 2.90. The second kappa shape index (κ2) is 4.86. The van der Waals surface area contributed by atoms with Crippen molar-refractivity contribution in [1.82, 2.24) is 4.98 Å². The summed E-state index contributed by atoms with van der Waals surface area (Å²) < 4.78 is 5.15. The van der Waals surface area contributed by atoms with Gasteiger partial charge in [0.25, 0.3) is 0 Å². The number of amides is 1. The summed E-state index contributed by atoms with van der Waals surface area (Å²) in [5.74, 6) is 0.516. The van der Waals surface area contributed by atoms with Crippen LogP contribution in [0.1, 0.15) is 0 Å². The number of carbonyl (C=O) groups excluding carboxylic acids is 1. The Balaban J connectivity index is 1.72. The molecule has 3 aromatic rings. The van der Waals surface area contributed by atoms with Gasteiger partial charge in [-0.1, -0.05) is 18.2 Å². The molecule has 19 heavy (non-hydrogen) atoms. The van der Waals surface area contributed by atoms with E-state index < -0.39 is 6.09 Å². The molecular weight excluding hydrogens is 240 g/mol. The van der Waals surface area contributed by atoms with Crippen LogP contribution in [0.5, 0.6) is 5.75 Å². The molecule has 2 N–H and O–H groups in total. The first-order chi connectivity index (χ1) is 9.31. The molecule has 94 valence electrons. The van der Waals surface area contributed by atoms with Gasteiger partial charge >= 0.3 is 6.09 Å². The SMILES string of the molecule is O=C(Nc1ccc2[nH]ccc2c1)Oc1ccccc1. The summed E-state index contributed by atoms with van der Waals surface area (Å²) in [6, 6.07) is 16.5. The summed E-state index contributed by atoms with van der Waals surface area (Å²) in [6.45, 7) is 0. The summed E-state index contributed by atoms with van der Waals surface area (Å²) >= 11 is 0. The van der Waals surface area contributed by atoms with Crippen molar-refractivity contribution in [2.75, 3.05) is 5.32 Å². The van der Waals surface area contributed by atoms with E-state index in [1.165, 1.54) is 0 Å². The van der Waals surface area contributed by atoms with Crippen LogP contribution in [-0.4, -0.2) is 11.1 Å². The van der Waals surface area contributed by atoms with Crippen LogP contribution in [0, 0.1) is 0 Å². The quantitative estimate of drug-likeness (QED) is 0.729. The van der Waals surface area contributed by atoms with Crippen LogP contribution < -0.4 is 10.1 Å². The summed E-state index contributed by atoms with van der Waals surface area (Å²) in [5, 5.41) is 3.74. The minimum atomic E-state index is -0.499. The van der Waals surface area contributed by atoms with Crippen LogP contribution in [0.2, 0.25) is 0 Å². The highest BCUT2D eigenvalue weighted by atomic mass is 16.6. The van der Waals surface area contributed by atoms with Gasteiger partial charge in [0.2, 0.25) is 0 Å². The minimum absolute atomic E-state index is 0.499. The largest absolute Gasteiger partial charge is 0.417 e. The highest BCUT2D eigenvalue weighted by Crippen LogP contribution is 2.18. The number of carbonyl (C=O) groups is 1. The number of H-pyrrole nitrogens is 1. The maximum absolute atomic E-state index is 11.7. The van der Waals surface area contributed by atoms with Crippen LogP contribution >= 0.6 is 0 Å². The molecule has 0 radical (unpaired) electrons. The standard InChI is InChI=1S/C15H12N2O2/c18-15(19-13-4-2-1-3-5-13)17-12-6-7-14-11(10-12)8-9-16-14/h1-10,16H,(H,17,18). The topological polar surface area (TPSA) is 54.1 Å². The molecule has 1 heterocycles.